The van der Waals surface area contributed by atoms with E-state index in [2.05, 4.69) is 16.6 Å². The summed E-state index contributed by atoms with van der Waals surface area (Å²) in [5.41, 5.74) is 2.67. The molecule has 1 aliphatic carbocycles. The van der Waals surface area contributed by atoms with E-state index in [1.165, 1.54) is 37.0 Å². The first-order chi connectivity index (χ1) is 8.67. The lowest BCUT2D eigenvalue weighted by atomic mass is 10.0. The molecule has 2 fully saturated rings. The van der Waals surface area contributed by atoms with Crippen LogP contribution in [0.3, 0.4) is 0 Å². The molecule has 2 heterocycles. The highest BCUT2D eigenvalue weighted by molar-refractivity contribution is 8.14. The molecule has 0 radical (unpaired) electrons. The molecule has 2 aliphatic rings. The number of hydrogen-bond acceptors (Lipinski definition) is 3. The third kappa shape index (κ3) is 2.28. The van der Waals surface area contributed by atoms with Crippen molar-refractivity contribution in [3.05, 3.63) is 17.5 Å². The van der Waals surface area contributed by atoms with Gasteiger partial charge in [0.15, 0.2) is 5.17 Å². The van der Waals surface area contributed by atoms with E-state index in [0.717, 1.165) is 17.4 Å². The van der Waals surface area contributed by atoms with Crippen LogP contribution in [-0.4, -0.2) is 26.2 Å². The van der Waals surface area contributed by atoms with Gasteiger partial charge in [0.05, 0.1) is 12.2 Å². The molecule has 1 N–H and O–H groups in total. The summed E-state index contributed by atoms with van der Waals surface area (Å²) in [6.45, 7) is 2.79. The van der Waals surface area contributed by atoms with Gasteiger partial charge in [-0.1, -0.05) is 24.6 Å². The predicted molar refractivity (Wildman–Crippen MR) is 75.9 cm³/mol. The van der Waals surface area contributed by atoms with Gasteiger partial charge in [-0.25, -0.2) is 0 Å². The van der Waals surface area contributed by atoms with Crippen molar-refractivity contribution in [2.45, 2.75) is 44.7 Å². The standard InChI is InChI=1S/C13H20N4S/c1-10-11(8-17(2)16-10)7-14-12-15-13(9-18-12)5-3-4-6-13/h8H,3-7,9H2,1-2H3,(H,14,15). The van der Waals surface area contributed by atoms with Crippen LogP contribution in [0.5, 0.6) is 0 Å². The fraction of sp³-hybridized carbons (Fsp3) is 0.692. The van der Waals surface area contributed by atoms with Gasteiger partial charge in [0, 0.05) is 30.1 Å². The molecular formula is C13H20N4S. The molecule has 0 atom stereocenters. The van der Waals surface area contributed by atoms with E-state index in [1.807, 2.05) is 30.4 Å². The van der Waals surface area contributed by atoms with E-state index in [1.54, 1.807) is 0 Å². The topological polar surface area (TPSA) is 42.2 Å². The minimum Gasteiger partial charge on any atom is -0.359 e. The second kappa shape index (κ2) is 4.61. The van der Waals surface area contributed by atoms with Crippen LogP contribution in [0.15, 0.2) is 11.2 Å². The number of hydrogen-bond donors (Lipinski definition) is 1. The lowest BCUT2D eigenvalue weighted by Gasteiger charge is -2.21. The largest absolute Gasteiger partial charge is 0.359 e. The van der Waals surface area contributed by atoms with Crippen LogP contribution >= 0.6 is 11.8 Å². The van der Waals surface area contributed by atoms with E-state index in [9.17, 15) is 0 Å². The second-order valence-electron chi connectivity index (χ2n) is 5.44. The summed E-state index contributed by atoms with van der Waals surface area (Å²) in [6.07, 6.45) is 7.41. The average Bonchev–Trinajstić information content (AvgIpc) is 3.01. The Morgan fingerprint density at radius 1 is 1.50 bits per heavy atom. The first-order valence-corrected chi connectivity index (χ1v) is 7.60. The Hall–Kier alpha value is -0.970. The molecule has 1 saturated heterocycles. The highest BCUT2D eigenvalue weighted by Crippen LogP contribution is 2.37. The SMILES string of the molecule is Cc1nn(C)cc1CN=C1NC2(CCCC2)CS1. The number of amidine groups is 1. The molecule has 3 rings (SSSR count). The number of thioether (sulfide) groups is 1. The van der Waals surface area contributed by atoms with Gasteiger partial charge in [-0.2, -0.15) is 5.10 Å². The van der Waals surface area contributed by atoms with Crippen molar-refractivity contribution in [3.63, 3.8) is 0 Å². The number of rotatable bonds is 2. The van der Waals surface area contributed by atoms with Crippen LogP contribution in [0.1, 0.15) is 36.9 Å². The molecule has 1 aliphatic heterocycles. The van der Waals surface area contributed by atoms with Crippen molar-refractivity contribution in [2.24, 2.45) is 12.0 Å². The van der Waals surface area contributed by atoms with Crippen LogP contribution in [-0.2, 0) is 13.6 Å². The molecule has 0 unspecified atom stereocenters. The van der Waals surface area contributed by atoms with Crippen molar-refractivity contribution in [1.29, 1.82) is 0 Å². The lowest BCUT2D eigenvalue weighted by molar-refractivity contribution is 0.452. The van der Waals surface area contributed by atoms with Crippen LogP contribution in [0.4, 0.5) is 0 Å². The van der Waals surface area contributed by atoms with Gasteiger partial charge in [-0.05, 0) is 19.8 Å². The van der Waals surface area contributed by atoms with E-state index >= 15 is 0 Å². The van der Waals surface area contributed by atoms with Gasteiger partial charge < -0.3 is 5.32 Å². The van der Waals surface area contributed by atoms with Gasteiger partial charge in [-0.15, -0.1) is 0 Å². The summed E-state index contributed by atoms with van der Waals surface area (Å²) in [7, 11) is 1.96. The monoisotopic (exact) mass is 264 g/mol. The summed E-state index contributed by atoms with van der Waals surface area (Å²) in [5.74, 6) is 1.19. The van der Waals surface area contributed by atoms with Gasteiger partial charge in [0.2, 0.25) is 0 Å². The zero-order valence-corrected chi connectivity index (χ0v) is 11.9. The van der Waals surface area contributed by atoms with Crippen molar-refractivity contribution in [1.82, 2.24) is 15.1 Å². The van der Waals surface area contributed by atoms with Crippen molar-refractivity contribution in [2.75, 3.05) is 5.75 Å². The molecule has 1 aromatic heterocycles. The highest BCUT2D eigenvalue weighted by Gasteiger charge is 2.39. The molecule has 1 aromatic rings. The number of aromatic nitrogens is 2. The zero-order chi connectivity index (χ0) is 12.6. The van der Waals surface area contributed by atoms with Gasteiger partial charge in [-0.3, -0.25) is 9.67 Å². The van der Waals surface area contributed by atoms with Crippen LogP contribution < -0.4 is 5.32 Å². The number of aryl methyl sites for hydroxylation is 2. The van der Waals surface area contributed by atoms with Crippen LogP contribution in [0.2, 0.25) is 0 Å². The zero-order valence-electron chi connectivity index (χ0n) is 11.1. The van der Waals surface area contributed by atoms with E-state index < -0.39 is 0 Å². The predicted octanol–water partition coefficient (Wildman–Crippen LogP) is 2.23. The van der Waals surface area contributed by atoms with Crippen LogP contribution in [0.25, 0.3) is 0 Å². The van der Waals surface area contributed by atoms with Crippen molar-refractivity contribution in [3.8, 4) is 0 Å². The summed E-state index contributed by atoms with van der Waals surface area (Å²) in [6, 6.07) is 0. The van der Waals surface area contributed by atoms with Crippen molar-refractivity contribution >= 4 is 16.9 Å². The Kier molecular flexibility index (Phi) is 3.09. The quantitative estimate of drug-likeness (QED) is 0.890. The minimum absolute atomic E-state index is 0.369. The summed E-state index contributed by atoms with van der Waals surface area (Å²) >= 11 is 1.88. The normalized spacial score (nSPS) is 24.0. The minimum atomic E-state index is 0.369. The summed E-state index contributed by atoms with van der Waals surface area (Å²) in [5, 5.41) is 9.12. The van der Waals surface area contributed by atoms with Gasteiger partial charge in [0.1, 0.15) is 0 Å². The maximum Gasteiger partial charge on any atom is 0.157 e. The van der Waals surface area contributed by atoms with Gasteiger partial charge >= 0.3 is 0 Å². The first kappa shape index (κ1) is 12.1. The smallest absolute Gasteiger partial charge is 0.157 e. The Morgan fingerprint density at radius 3 is 2.94 bits per heavy atom. The van der Waals surface area contributed by atoms with E-state index in [0.29, 0.717) is 5.54 Å². The summed E-state index contributed by atoms with van der Waals surface area (Å²) in [4.78, 5) is 4.70. The van der Waals surface area contributed by atoms with E-state index in [-0.39, 0.29) is 0 Å². The van der Waals surface area contributed by atoms with Crippen molar-refractivity contribution < 1.29 is 0 Å². The molecule has 18 heavy (non-hydrogen) atoms. The second-order valence-corrected chi connectivity index (χ2v) is 6.40. The highest BCUT2D eigenvalue weighted by atomic mass is 32.2. The lowest BCUT2D eigenvalue weighted by Crippen LogP contribution is -2.40. The number of nitrogens with one attached hydrogen (secondary N) is 1. The average molecular weight is 264 g/mol. The molecule has 1 saturated carbocycles. The Bertz CT molecular complexity index is 471. The summed E-state index contributed by atoms with van der Waals surface area (Å²) < 4.78 is 1.86. The van der Waals surface area contributed by atoms with Crippen LogP contribution in [0, 0.1) is 6.92 Å². The first-order valence-electron chi connectivity index (χ1n) is 6.61. The molecule has 0 amide bonds. The van der Waals surface area contributed by atoms with Gasteiger partial charge in [0.25, 0.3) is 0 Å². The Balaban J connectivity index is 1.66. The van der Waals surface area contributed by atoms with E-state index in [4.69, 9.17) is 4.99 Å². The maximum atomic E-state index is 4.70. The third-order valence-corrected chi connectivity index (χ3v) is 5.13. The fourth-order valence-electron chi connectivity index (χ4n) is 2.87. The third-order valence-electron chi connectivity index (χ3n) is 3.93. The Labute approximate surface area is 112 Å². The molecule has 1 spiro atoms. The molecular weight excluding hydrogens is 244 g/mol. The molecule has 98 valence electrons. The number of nitrogens with zero attached hydrogens (tertiary/aromatic N) is 3. The number of aliphatic imine (C=N–C) groups is 1. The molecule has 5 heteroatoms. The molecule has 0 bridgehead atoms. The fourth-order valence-corrected chi connectivity index (χ4v) is 4.09. The maximum absolute atomic E-state index is 4.70. The Morgan fingerprint density at radius 2 is 2.28 bits per heavy atom. The molecule has 0 aromatic carbocycles. The molecule has 4 nitrogen and oxygen atoms in total.